The molecule has 3 aromatic rings. The summed E-state index contributed by atoms with van der Waals surface area (Å²) in [5, 5.41) is 0.782. The van der Waals surface area contributed by atoms with E-state index in [9.17, 15) is 18.0 Å². The molecule has 0 radical (unpaired) electrons. The molecular weight excluding hydrogens is 466 g/mol. The van der Waals surface area contributed by atoms with Crippen LogP contribution in [0.5, 0.6) is 5.75 Å². The number of benzene rings is 2. The summed E-state index contributed by atoms with van der Waals surface area (Å²) < 4.78 is 38.8. The molecule has 0 fully saturated rings. The minimum Gasteiger partial charge on any atom is -0.424 e. The highest BCUT2D eigenvalue weighted by atomic mass is 35.5. The Morgan fingerprint density at radius 2 is 1.82 bits per heavy atom. The van der Waals surface area contributed by atoms with Crippen molar-refractivity contribution >= 4 is 38.6 Å². The standard InChI is InChI=1S/C24H26ClNO6S/c1-5-16-11-23(27)31-21-13-22(19(25)12-18(16)21)32-24(28)20(10-14(2)3)26-33(29,30)17-8-6-15(4)7-9-17/h6-9,11-14,20,26H,5,10H2,1-4H3/t20-/m1/s1. The Kier molecular flexibility index (Phi) is 7.62. The molecule has 0 spiro atoms. The molecule has 0 aliphatic heterocycles. The molecule has 1 atom stereocenters. The number of rotatable bonds is 8. The summed E-state index contributed by atoms with van der Waals surface area (Å²) in [6.07, 6.45) is 0.805. The van der Waals surface area contributed by atoms with Gasteiger partial charge in [0.1, 0.15) is 11.6 Å². The SMILES string of the molecule is CCc1cc(=O)oc2cc(OC(=O)[C@@H](CC(C)C)NS(=O)(=O)c3ccc(C)cc3)c(Cl)cc12. The molecule has 0 amide bonds. The van der Waals surface area contributed by atoms with Crippen molar-refractivity contribution in [2.24, 2.45) is 5.92 Å². The molecular formula is C24H26ClNO6S. The molecule has 1 aromatic heterocycles. The summed E-state index contributed by atoms with van der Waals surface area (Å²) in [4.78, 5) is 24.9. The summed E-state index contributed by atoms with van der Waals surface area (Å²) in [7, 11) is -3.96. The third-order valence-electron chi connectivity index (χ3n) is 5.09. The molecule has 0 saturated carbocycles. The van der Waals surface area contributed by atoms with Crippen LogP contribution in [0.2, 0.25) is 5.02 Å². The Morgan fingerprint density at radius 1 is 1.15 bits per heavy atom. The van der Waals surface area contributed by atoms with Crippen molar-refractivity contribution < 1.29 is 22.4 Å². The highest BCUT2D eigenvalue weighted by Gasteiger charge is 2.29. The maximum Gasteiger partial charge on any atom is 0.336 e. The van der Waals surface area contributed by atoms with Gasteiger partial charge in [0.25, 0.3) is 0 Å². The topological polar surface area (TPSA) is 103 Å². The monoisotopic (exact) mass is 491 g/mol. The van der Waals surface area contributed by atoms with Gasteiger partial charge in [0.15, 0.2) is 5.75 Å². The lowest BCUT2D eigenvalue weighted by atomic mass is 10.0. The van der Waals surface area contributed by atoms with Gasteiger partial charge in [-0.15, -0.1) is 0 Å². The van der Waals surface area contributed by atoms with Gasteiger partial charge < -0.3 is 9.15 Å². The van der Waals surface area contributed by atoms with E-state index >= 15 is 0 Å². The summed E-state index contributed by atoms with van der Waals surface area (Å²) in [5.74, 6) is -0.830. The number of carbonyl (C=O) groups is 1. The van der Waals surface area contributed by atoms with Crippen LogP contribution in [0.15, 0.2) is 56.6 Å². The second-order valence-electron chi connectivity index (χ2n) is 8.26. The van der Waals surface area contributed by atoms with Crippen LogP contribution in [0.1, 0.15) is 38.3 Å². The first-order chi connectivity index (χ1) is 15.5. The van der Waals surface area contributed by atoms with Crippen LogP contribution in [-0.2, 0) is 21.2 Å². The Balaban J connectivity index is 1.91. The normalized spacial score (nSPS) is 12.8. The zero-order chi connectivity index (χ0) is 24.3. The molecule has 1 N–H and O–H groups in total. The molecule has 3 rings (SSSR count). The molecule has 9 heteroatoms. The number of carbonyl (C=O) groups excluding carboxylic acids is 1. The lowest BCUT2D eigenvalue weighted by molar-refractivity contribution is -0.136. The Morgan fingerprint density at radius 3 is 2.42 bits per heavy atom. The van der Waals surface area contributed by atoms with Gasteiger partial charge in [0.2, 0.25) is 10.0 Å². The van der Waals surface area contributed by atoms with E-state index in [1.54, 1.807) is 18.2 Å². The van der Waals surface area contributed by atoms with E-state index in [0.717, 1.165) is 11.1 Å². The maximum atomic E-state index is 13.0. The number of hydrogen-bond donors (Lipinski definition) is 1. The van der Waals surface area contributed by atoms with Crippen molar-refractivity contribution in [3.05, 3.63) is 69.0 Å². The first-order valence-corrected chi connectivity index (χ1v) is 12.4. The van der Waals surface area contributed by atoms with Crippen LogP contribution >= 0.6 is 11.6 Å². The lowest BCUT2D eigenvalue weighted by Crippen LogP contribution is -2.43. The smallest absolute Gasteiger partial charge is 0.336 e. The van der Waals surface area contributed by atoms with Gasteiger partial charge in [-0.2, -0.15) is 4.72 Å². The van der Waals surface area contributed by atoms with Crippen molar-refractivity contribution in [2.45, 2.75) is 51.5 Å². The van der Waals surface area contributed by atoms with E-state index < -0.39 is 27.7 Å². The van der Waals surface area contributed by atoms with E-state index in [-0.39, 0.29) is 33.6 Å². The second kappa shape index (κ2) is 10.1. The van der Waals surface area contributed by atoms with Gasteiger partial charge in [-0.25, -0.2) is 18.0 Å². The average Bonchev–Trinajstić information content (AvgIpc) is 2.73. The van der Waals surface area contributed by atoms with Crippen molar-refractivity contribution in [1.82, 2.24) is 4.72 Å². The Hall–Kier alpha value is -2.68. The number of esters is 1. The molecule has 0 saturated heterocycles. The van der Waals surface area contributed by atoms with Crippen LogP contribution in [-0.4, -0.2) is 20.4 Å². The zero-order valence-corrected chi connectivity index (χ0v) is 20.4. The predicted octanol–water partition coefficient (Wildman–Crippen LogP) is 4.62. The van der Waals surface area contributed by atoms with Gasteiger partial charge in [-0.3, -0.25) is 0 Å². The molecule has 0 unspecified atom stereocenters. The zero-order valence-electron chi connectivity index (χ0n) is 18.8. The number of halogens is 1. The Labute approximate surface area is 197 Å². The second-order valence-corrected chi connectivity index (χ2v) is 10.4. The molecule has 176 valence electrons. The van der Waals surface area contributed by atoms with Crippen LogP contribution in [0.25, 0.3) is 11.0 Å². The molecule has 0 bridgehead atoms. The van der Waals surface area contributed by atoms with Gasteiger partial charge in [-0.1, -0.05) is 50.1 Å². The van der Waals surface area contributed by atoms with E-state index in [4.69, 9.17) is 20.8 Å². The van der Waals surface area contributed by atoms with Crippen LogP contribution < -0.4 is 15.1 Å². The third kappa shape index (κ3) is 6.01. The fourth-order valence-corrected chi connectivity index (χ4v) is 4.81. The molecule has 33 heavy (non-hydrogen) atoms. The first kappa shape index (κ1) is 25.0. The minimum absolute atomic E-state index is 0.000442. The van der Waals surface area contributed by atoms with Gasteiger partial charge in [0.05, 0.1) is 9.92 Å². The first-order valence-electron chi connectivity index (χ1n) is 10.6. The fraction of sp³-hybridized carbons (Fsp3) is 0.333. The predicted molar refractivity (Wildman–Crippen MR) is 127 cm³/mol. The van der Waals surface area contributed by atoms with Crippen LogP contribution in [0, 0.1) is 12.8 Å². The fourth-order valence-electron chi connectivity index (χ4n) is 3.41. The van der Waals surface area contributed by atoms with Crippen LogP contribution in [0.3, 0.4) is 0 Å². The molecule has 1 heterocycles. The molecule has 0 aliphatic carbocycles. The summed E-state index contributed by atoms with van der Waals surface area (Å²) >= 11 is 6.33. The number of hydrogen-bond acceptors (Lipinski definition) is 6. The van der Waals surface area contributed by atoms with Crippen molar-refractivity contribution in [2.75, 3.05) is 0 Å². The summed E-state index contributed by atoms with van der Waals surface area (Å²) in [6, 6.07) is 9.49. The van der Waals surface area contributed by atoms with Crippen molar-refractivity contribution in [1.29, 1.82) is 0 Å². The van der Waals surface area contributed by atoms with Crippen molar-refractivity contribution in [3.8, 4) is 5.75 Å². The highest BCUT2D eigenvalue weighted by molar-refractivity contribution is 7.89. The highest BCUT2D eigenvalue weighted by Crippen LogP contribution is 2.32. The minimum atomic E-state index is -3.96. The van der Waals surface area contributed by atoms with Crippen LogP contribution in [0.4, 0.5) is 0 Å². The van der Waals surface area contributed by atoms with Gasteiger partial charge >= 0.3 is 11.6 Å². The summed E-state index contributed by atoms with van der Waals surface area (Å²) in [6.45, 7) is 7.48. The lowest BCUT2D eigenvalue weighted by Gasteiger charge is -2.20. The van der Waals surface area contributed by atoms with E-state index in [2.05, 4.69) is 4.72 Å². The number of aryl methyl sites for hydroxylation is 2. The van der Waals surface area contributed by atoms with E-state index in [0.29, 0.717) is 11.8 Å². The number of ether oxygens (including phenoxy) is 1. The average molecular weight is 492 g/mol. The summed E-state index contributed by atoms with van der Waals surface area (Å²) in [5.41, 5.74) is 1.37. The number of sulfonamides is 1. The molecule has 7 nitrogen and oxygen atoms in total. The largest absolute Gasteiger partial charge is 0.424 e. The van der Waals surface area contributed by atoms with Gasteiger partial charge in [0, 0.05) is 17.5 Å². The Bertz CT molecular complexity index is 1330. The van der Waals surface area contributed by atoms with Gasteiger partial charge in [-0.05, 0) is 49.4 Å². The third-order valence-corrected chi connectivity index (χ3v) is 6.88. The molecule has 2 aromatic carbocycles. The van der Waals surface area contributed by atoms with E-state index in [1.807, 2.05) is 27.7 Å². The number of nitrogens with one attached hydrogen (secondary N) is 1. The quantitative estimate of drug-likeness (QED) is 0.280. The molecule has 0 aliphatic rings. The van der Waals surface area contributed by atoms with Crippen molar-refractivity contribution in [3.63, 3.8) is 0 Å². The van der Waals surface area contributed by atoms with E-state index in [1.165, 1.54) is 24.3 Å². The number of fused-ring (bicyclic) bond motifs is 1. The maximum absolute atomic E-state index is 13.0.